The van der Waals surface area contributed by atoms with Crippen LogP contribution in [0, 0.1) is 6.07 Å². The van der Waals surface area contributed by atoms with Crippen molar-refractivity contribution in [1.82, 2.24) is 0 Å². The first-order valence-electron chi connectivity index (χ1n) is 6.02. The Labute approximate surface area is 108 Å². The molecule has 0 saturated heterocycles. The molecule has 0 atom stereocenters. The molecule has 2 aromatic carbocycles. The summed E-state index contributed by atoms with van der Waals surface area (Å²) in [6, 6.07) is 16.9. The fourth-order valence-electron chi connectivity index (χ4n) is 1.81. The highest BCUT2D eigenvalue weighted by atomic mass is 16.5. The van der Waals surface area contributed by atoms with Gasteiger partial charge in [0.25, 0.3) is 0 Å². The highest BCUT2D eigenvalue weighted by molar-refractivity contribution is 5.70. The summed E-state index contributed by atoms with van der Waals surface area (Å²) >= 11 is 0. The van der Waals surface area contributed by atoms with Crippen molar-refractivity contribution in [3.05, 3.63) is 48.5 Å². The number of rotatable bonds is 4. The SMILES string of the molecule is COc1ccccc1-c1[c]ccc(OC(C)C)c1. The molecular weight excluding hydrogens is 224 g/mol. The van der Waals surface area contributed by atoms with Gasteiger partial charge in [0, 0.05) is 5.56 Å². The number of hydrogen-bond donors (Lipinski definition) is 0. The second-order valence-corrected chi connectivity index (χ2v) is 4.30. The Kier molecular flexibility index (Phi) is 3.88. The summed E-state index contributed by atoms with van der Waals surface area (Å²) in [4.78, 5) is 0. The lowest BCUT2D eigenvalue weighted by molar-refractivity contribution is 0.242. The van der Waals surface area contributed by atoms with Crippen LogP contribution in [0.1, 0.15) is 13.8 Å². The minimum absolute atomic E-state index is 0.165. The van der Waals surface area contributed by atoms with Crippen LogP contribution in [0.3, 0.4) is 0 Å². The van der Waals surface area contributed by atoms with Crippen LogP contribution >= 0.6 is 0 Å². The van der Waals surface area contributed by atoms with E-state index in [1.165, 1.54) is 0 Å². The van der Waals surface area contributed by atoms with Gasteiger partial charge in [0.15, 0.2) is 0 Å². The van der Waals surface area contributed by atoms with Gasteiger partial charge < -0.3 is 9.47 Å². The molecule has 0 aliphatic rings. The molecule has 0 unspecified atom stereocenters. The van der Waals surface area contributed by atoms with Gasteiger partial charge in [-0.15, -0.1) is 0 Å². The van der Waals surface area contributed by atoms with Crippen LogP contribution in [0.4, 0.5) is 0 Å². The van der Waals surface area contributed by atoms with Crippen LogP contribution in [0.25, 0.3) is 11.1 Å². The molecule has 2 heteroatoms. The van der Waals surface area contributed by atoms with Gasteiger partial charge in [0.2, 0.25) is 0 Å². The molecule has 2 nitrogen and oxygen atoms in total. The standard InChI is InChI=1S/C16H17O2/c1-12(2)18-14-8-6-7-13(11-14)15-9-4-5-10-16(15)17-3/h4-6,8-12H,1-3H3. The van der Waals surface area contributed by atoms with Gasteiger partial charge in [-0.1, -0.05) is 24.3 Å². The van der Waals surface area contributed by atoms with E-state index in [9.17, 15) is 0 Å². The van der Waals surface area contributed by atoms with Crippen LogP contribution in [0.5, 0.6) is 11.5 Å². The molecule has 0 saturated carbocycles. The first-order chi connectivity index (χ1) is 8.70. The van der Waals surface area contributed by atoms with Crippen LogP contribution < -0.4 is 9.47 Å². The molecule has 0 heterocycles. The normalized spacial score (nSPS) is 10.4. The van der Waals surface area contributed by atoms with Gasteiger partial charge in [0.1, 0.15) is 11.5 Å². The van der Waals surface area contributed by atoms with E-state index in [-0.39, 0.29) is 6.10 Å². The molecule has 2 aromatic rings. The van der Waals surface area contributed by atoms with Gasteiger partial charge in [-0.25, -0.2) is 0 Å². The summed E-state index contributed by atoms with van der Waals surface area (Å²) < 4.78 is 11.0. The van der Waals surface area contributed by atoms with Crippen LogP contribution in [0.15, 0.2) is 42.5 Å². The van der Waals surface area contributed by atoms with Crippen LogP contribution in [0.2, 0.25) is 0 Å². The second kappa shape index (κ2) is 5.58. The molecule has 2 rings (SSSR count). The first kappa shape index (κ1) is 12.5. The summed E-state index contributed by atoms with van der Waals surface area (Å²) in [5.41, 5.74) is 2.00. The Morgan fingerprint density at radius 2 is 1.89 bits per heavy atom. The lowest BCUT2D eigenvalue weighted by Gasteiger charge is -2.12. The topological polar surface area (TPSA) is 18.5 Å². The number of benzene rings is 2. The zero-order valence-corrected chi connectivity index (χ0v) is 10.9. The van der Waals surface area contributed by atoms with Crippen molar-refractivity contribution in [3.8, 4) is 22.6 Å². The van der Waals surface area contributed by atoms with Crippen molar-refractivity contribution in [2.45, 2.75) is 20.0 Å². The smallest absolute Gasteiger partial charge is 0.126 e. The maximum Gasteiger partial charge on any atom is 0.126 e. The highest BCUT2D eigenvalue weighted by Crippen LogP contribution is 2.31. The van der Waals surface area contributed by atoms with E-state index in [4.69, 9.17) is 9.47 Å². The molecule has 0 bridgehead atoms. The highest BCUT2D eigenvalue weighted by Gasteiger charge is 2.06. The number of methoxy groups -OCH3 is 1. The van der Waals surface area contributed by atoms with Crippen molar-refractivity contribution in [2.24, 2.45) is 0 Å². The summed E-state index contributed by atoms with van der Waals surface area (Å²) in [5.74, 6) is 1.69. The Morgan fingerprint density at radius 1 is 1.11 bits per heavy atom. The maximum atomic E-state index is 5.69. The zero-order chi connectivity index (χ0) is 13.0. The minimum Gasteiger partial charge on any atom is -0.496 e. The predicted molar refractivity (Wildman–Crippen MR) is 73.0 cm³/mol. The molecule has 0 N–H and O–H groups in total. The third-order valence-corrected chi connectivity index (χ3v) is 2.54. The molecule has 0 fully saturated rings. The average molecular weight is 241 g/mol. The summed E-state index contributed by atoms with van der Waals surface area (Å²) in [7, 11) is 1.67. The summed E-state index contributed by atoms with van der Waals surface area (Å²) in [5, 5.41) is 0. The van der Waals surface area contributed by atoms with Crippen molar-refractivity contribution < 1.29 is 9.47 Å². The van der Waals surface area contributed by atoms with E-state index in [0.717, 1.165) is 22.6 Å². The molecule has 0 spiro atoms. The van der Waals surface area contributed by atoms with E-state index in [0.29, 0.717) is 0 Å². The molecular formula is C16H17O2. The van der Waals surface area contributed by atoms with Crippen molar-refractivity contribution in [1.29, 1.82) is 0 Å². The lowest BCUT2D eigenvalue weighted by atomic mass is 10.0. The Morgan fingerprint density at radius 3 is 2.61 bits per heavy atom. The van der Waals surface area contributed by atoms with E-state index >= 15 is 0 Å². The molecule has 0 aliphatic carbocycles. The predicted octanol–water partition coefficient (Wildman–Crippen LogP) is 3.95. The fourth-order valence-corrected chi connectivity index (χ4v) is 1.81. The zero-order valence-electron chi connectivity index (χ0n) is 10.9. The van der Waals surface area contributed by atoms with Crippen LogP contribution in [-0.2, 0) is 0 Å². The molecule has 93 valence electrons. The quantitative estimate of drug-likeness (QED) is 0.807. The second-order valence-electron chi connectivity index (χ2n) is 4.30. The largest absolute Gasteiger partial charge is 0.496 e. The van der Waals surface area contributed by atoms with E-state index in [1.807, 2.05) is 56.3 Å². The fraction of sp³-hybridized carbons (Fsp3) is 0.250. The van der Waals surface area contributed by atoms with E-state index in [2.05, 4.69) is 6.07 Å². The molecule has 1 radical (unpaired) electrons. The number of para-hydroxylation sites is 1. The Hall–Kier alpha value is -1.96. The third-order valence-electron chi connectivity index (χ3n) is 2.54. The Balaban J connectivity index is 2.38. The Bertz CT molecular complexity index is 518. The average Bonchev–Trinajstić information content (AvgIpc) is 2.38. The van der Waals surface area contributed by atoms with E-state index < -0.39 is 0 Å². The summed E-state index contributed by atoms with van der Waals surface area (Å²) in [6.45, 7) is 4.03. The molecule has 18 heavy (non-hydrogen) atoms. The molecule has 0 aromatic heterocycles. The van der Waals surface area contributed by atoms with E-state index in [1.54, 1.807) is 7.11 Å². The summed E-state index contributed by atoms with van der Waals surface area (Å²) in [6.07, 6.45) is 0.165. The van der Waals surface area contributed by atoms with Gasteiger partial charge in [-0.3, -0.25) is 0 Å². The number of ether oxygens (including phenoxy) is 2. The van der Waals surface area contributed by atoms with Gasteiger partial charge >= 0.3 is 0 Å². The third kappa shape index (κ3) is 2.83. The van der Waals surface area contributed by atoms with Gasteiger partial charge in [0.05, 0.1) is 13.2 Å². The van der Waals surface area contributed by atoms with Crippen molar-refractivity contribution >= 4 is 0 Å². The number of hydrogen-bond acceptors (Lipinski definition) is 2. The lowest BCUT2D eigenvalue weighted by Crippen LogP contribution is -2.05. The van der Waals surface area contributed by atoms with Gasteiger partial charge in [-0.05, 0) is 43.7 Å². The molecule has 0 aliphatic heterocycles. The first-order valence-corrected chi connectivity index (χ1v) is 6.02. The monoisotopic (exact) mass is 241 g/mol. The minimum atomic E-state index is 0.165. The van der Waals surface area contributed by atoms with Crippen molar-refractivity contribution in [3.63, 3.8) is 0 Å². The molecule has 0 amide bonds. The maximum absolute atomic E-state index is 5.69. The van der Waals surface area contributed by atoms with Crippen LogP contribution in [-0.4, -0.2) is 13.2 Å². The van der Waals surface area contributed by atoms with Gasteiger partial charge in [-0.2, -0.15) is 0 Å². The van der Waals surface area contributed by atoms with Crippen molar-refractivity contribution in [2.75, 3.05) is 7.11 Å².